The topological polar surface area (TPSA) is 68.4 Å². The molecular weight excluding hydrogens is 316 g/mol. The van der Waals surface area contributed by atoms with Crippen LogP contribution in [0.1, 0.15) is 18.1 Å². The Balaban J connectivity index is 1.35. The van der Waals surface area contributed by atoms with Gasteiger partial charge in [0.05, 0.1) is 6.04 Å². The van der Waals surface area contributed by atoms with Gasteiger partial charge in [0.15, 0.2) is 0 Å². The van der Waals surface area contributed by atoms with E-state index in [4.69, 9.17) is 0 Å². The summed E-state index contributed by atoms with van der Waals surface area (Å²) >= 11 is 0. The maximum absolute atomic E-state index is 12.9. The molecule has 1 saturated heterocycles. The fourth-order valence-electron chi connectivity index (χ4n) is 3.76. The summed E-state index contributed by atoms with van der Waals surface area (Å²) in [5.74, 6) is 1.02. The Morgan fingerprint density at radius 2 is 1.88 bits per heavy atom. The van der Waals surface area contributed by atoms with Crippen LogP contribution < -0.4 is 4.90 Å². The van der Waals surface area contributed by atoms with E-state index in [2.05, 4.69) is 49.2 Å². The van der Waals surface area contributed by atoms with E-state index in [0.29, 0.717) is 0 Å². The Bertz CT molecular complexity index is 723. The highest BCUT2D eigenvalue weighted by molar-refractivity contribution is 5.81. The average molecular weight is 340 g/mol. The highest BCUT2D eigenvalue weighted by atomic mass is 16.2. The van der Waals surface area contributed by atoms with E-state index in [1.54, 1.807) is 0 Å². The standard InChI is InChI=1S/C18H24N6O/c1-14(24-7-6-15-4-2-3-5-16(15)12-24)17(25)22-8-10-23(11-9-22)18-19-13-20-21-18/h2-5,13-14H,6-12H2,1H3,(H,19,20,21)/t14-/m1/s1. The third-order valence-electron chi connectivity index (χ3n) is 5.36. The number of nitrogens with one attached hydrogen (secondary N) is 1. The van der Waals surface area contributed by atoms with Crippen LogP contribution in [0.2, 0.25) is 0 Å². The van der Waals surface area contributed by atoms with Gasteiger partial charge in [-0.2, -0.15) is 10.1 Å². The molecule has 1 fully saturated rings. The van der Waals surface area contributed by atoms with Crippen molar-refractivity contribution in [1.29, 1.82) is 0 Å². The normalized spacial score (nSPS) is 19.6. The molecule has 0 radical (unpaired) electrons. The number of aromatic nitrogens is 3. The van der Waals surface area contributed by atoms with Gasteiger partial charge in [-0.1, -0.05) is 24.3 Å². The zero-order chi connectivity index (χ0) is 17.2. The molecule has 0 spiro atoms. The number of H-pyrrole nitrogens is 1. The van der Waals surface area contributed by atoms with Crippen LogP contribution in [0.15, 0.2) is 30.6 Å². The van der Waals surface area contributed by atoms with Gasteiger partial charge < -0.3 is 9.80 Å². The zero-order valence-corrected chi connectivity index (χ0v) is 14.6. The van der Waals surface area contributed by atoms with Gasteiger partial charge in [-0.05, 0) is 24.5 Å². The minimum absolute atomic E-state index is 0.0785. The molecular formula is C18H24N6O. The predicted molar refractivity (Wildman–Crippen MR) is 95.2 cm³/mol. The summed E-state index contributed by atoms with van der Waals surface area (Å²) < 4.78 is 0. The fraction of sp³-hybridized carbons (Fsp3) is 0.500. The van der Waals surface area contributed by atoms with Gasteiger partial charge in [0, 0.05) is 39.3 Å². The van der Waals surface area contributed by atoms with Crippen molar-refractivity contribution in [2.45, 2.75) is 25.9 Å². The van der Waals surface area contributed by atoms with Gasteiger partial charge in [-0.15, -0.1) is 0 Å². The minimum atomic E-state index is -0.0785. The summed E-state index contributed by atoms with van der Waals surface area (Å²) in [5.41, 5.74) is 2.77. The lowest BCUT2D eigenvalue weighted by molar-refractivity contribution is -0.137. The highest BCUT2D eigenvalue weighted by Crippen LogP contribution is 2.21. The monoisotopic (exact) mass is 340 g/mol. The Morgan fingerprint density at radius 3 is 2.60 bits per heavy atom. The van der Waals surface area contributed by atoms with E-state index in [0.717, 1.165) is 51.6 Å². The van der Waals surface area contributed by atoms with Gasteiger partial charge in [-0.25, -0.2) is 5.10 Å². The Hall–Kier alpha value is -2.41. The Labute approximate surface area is 147 Å². The summed E-state index contributed by atoms with van der Waals surface area (Å²) in [6.07, 6.45) is 2.54. The number of carbonyl (C=O) groups excluding carboxylic acids is 1. The number of amides is 1. The summed E-state index contributed by atoms with van der Waals surface area (Å²) in [4.78, 5) is 23.5. The molecule has 0 bridgehead atoms. The van der Waals surface area contributed by atoms with Gasteiger partial charge >= 0.3 is 0 Å². The molecule has 7 heteroatoms. The van der Waals surface area contributed by atoms with Gasteiger partial charge in [-0.3, -0.25) is 9.69 Å². The van der Waals surface area contributed by atoms with Crippen molar-refractivity contribution >= 4 is 11.9 Å². The number of fused-ring (bicyclic) bond motifs is 1. The fourth-order valence-corrected chi connectivity index (χ4v) is 3.76. The van der Waals surface area contributed by atoms with Crippen LogP contribution in [-0.2, 0) is 17.8 Å². The molecule has 0 unspecified atom stereocenters. The highest BCUT2D eigenvalue weighted by Gasteiger charge is 2.30. The first-order valence-corrected chi connectivity index (χ1v) is 8.92. The SMILES string of the molecule is C[C@H](C(=O)N1CCN(c2ncn[nH]2)CC1)N1CCc2ccccc2C1. The third kappa shape index (κ3) is 3.24. The molecule has 4 rings (SSSR count). The van der Waals surface area contributed by atoms with Gasteiger partial charge in [0.1, 0.15) is 6.33 Å². The molecule has 25 heavy (non-hydrogen) atoms. The van der Waals surface area contributed by atoms with E-state index in [1.807, 2.05) is 11.8 Å². The largest absolute Gasteiger partial charge is 0.338 e. The first kappa shape index (κ1) is 16.1. The molecule has 132 valence electrons. The molecule has 2 aliphatic rings. The van der Waals surface area contributed by atoms with E-state index in [9.17, 15) is 4.79 Å². The number of piperazine rings is 1. The summed E-state index contributed by atoms with van der Waals surface area (Å²) in [5, 5.41) is 6.78. The van der Waals surface area contributed by atoms with Crippen molar-refractivity contribution in [3.63, 3.8) is 0 Å². The lowest BCUT2D eigenvalue weighted by Crippen LogP contribution is -2.55. The lowest BCUT2D eigenvalue weighted by atomic mass is 9.98. The van der Waals surface area contributed by atoms with Crippen molar-refractivity contribution in [1.82, 2.24) is 25.0 Å². The number of nitrogens with zero attached hydrogens (tertiary/aromatic N) is 5. The number of carbonyl (C=O) groups is 1. The summed E-state index contributed by atoms with van der Waals surface area (Å²) in [7, 11) is 0. The lowest BCUT2D eigenvalue weighted by Gasteiger charge is -2.39. The zero-order valence-electron chi connectivity index (χ0n) is 14.6. The molecule has 1 atom stereocenters. The van der Waals surface area contributed by atoms with Crippen LogP contribution in [0.25, 0.3) is 0 Å². The van der Waals surface area contributed by atoms with E-state index in [1.165, 1.54) is 17.5 Å². The number of benzene rings is 1. The van der Waals surface area contributed by atoms with Crippen LogP contribution in [0.4, 0.5) is 5.95 Å². The predicted octanol–water partition coefficient (Wildman–Crippen LogP) is 0.900. The van der Waals surface area contributed by atoms with E-state index < -0.39 is 0 Å². The van der Waals surface area contributed by atoms with Crippen molar-refractivity contribution in [3.8, 4) is 0 Å². The smallest absolute Gasteiger partial charge is 0.239 e. The van der Waals surface area contributed by atoms with Gasteiger partial charge in [0.2, 0.25) is 11.9 Å². The number of anilines is 1. The molecule has 1 amide bonds. The second-order valence-electron chi connectivity index (χ2n) is 6.79. The molecule has 1 N–H and O–H groups in total. The van der Waals surface area contributed by atoms with Crippen LogP contribution in [0, 0.1) is 0 Å². The minimum Gasteiger partial charge on any atom is -0.338 e. The molecule has 3 heterocycles. The van der Waals surface area contributed by atoms with Crippen LogP contribution >= 0.6 is 0 Å². The van der Waals surface area contributed by atoms with Crippen molar-refractivity contribution in [2.24, 2.45) is 0 Å². The number of hydrogen-bond donors (Lipinski definition) is 1. The second-order valence-corrected chi connectivity index (χ2v) is 6.79. The van der Waals surface area contributed by atoms with Crippen LogP contribution in [0.5, 0.6) is 0 Å². The van der Waals surface area contributed by atoms with E-state index in [-0.39, 0.29) is 11.9 Å². The average Bonchev–Trinajstić information content (AvgIpc) is 3.21. The molecule has 7 nitrogen and oxygen atoms in total. The molecule has 0 aliphatic carbocycles. The first-order chi connectivity index (χ1) is 12.2. The molecule has 0 saturated carbocycles. The summed E-state index contributed by atoms with van der Waals surface area (Å²) in [6, 6.07) is 8.47. The number of aromatic amines is 1. The molecule has 2 aromatic rings. The molecule has 1 aromatic heterocycles. The maximum atomic E-state index is 12.9. The van der Waals surface area contributed by atoms with Crippen LogP contribution in [0.3, 0.4) is 0 Å². The van der Waals surface area contributed by atoms with E-state index >= 15 is 0 Å². The second kappa shape index (κ2) is 6.84. The van der Waals surface area contributed by atoms with Crippen molar-refractivity contribution < 1.29 is 4.79 Å². The quantitative estimate of drug-likeness (QED) is 0.899. The molecule has 1 aromatic carbocycles. The van der Waals surface area contributed by atoms with Crippen LogP contribution in [-0.4, -0.2) is 69.7 Å². The summed E-state index contributed by atoms with van der Waals surface area (Å²) in [6.45, 7) is 6.89. The van der Waals surface area contributed by atoms with Crippen molar-refractivity contribution in [2.75, 3.05) is 37.6 Å². The maximum Gasteiger partial charge on any atom is 0.239 e. The van der Waals surface area contributed by atoms with Gasteiger partial charge in [0.25, 0.3) is 0 Å². The Kier molecular flexibility index (Phi) is 4.40. The first-order valence-electron chi connectivity index (χ1n) is 8.92. The molecule has 2 aliphatic heterocycles. The van der Waals surface area contributed by atoms with Crippen molar-refractivity contribution in [3.05, 3.63) is 41.7 Å². The third-order valence-corrected chi connectivity index (χ3v) is 5.36. The number of hydrogen-bond acceptors (Lipinski definition) is 5. The number of rotatable bonds is 3. The Morgan fingerprint density at radius 1 is 1.12 bits per heavy atom.